The Hall–Kier alpha value is -2.68. The van der Waals surface area contributed by atoms with Gasteiger partial charge in [0, 0.05) is 10.9 Å². The number of primary amides is 1. The third kappa shape index (κ3) is 3.09. The van der Waals surface area contributed by atoms with Gasteiger partial charge in [-0.2, -0.15) is 18.2 Å². The minimum absolute atomic E-state index is 0.0279. The number of halogens is 3. The highest BCUT2D eigenvalue weighted by Gasteiger charge is 2.30. The Bertz CT molecular complexity index is 870. The van der Waals surface area contributed by atoms with E-state index in [2.05, 4.69) is 10.1 Å². The first kappa shape index (κ1) is 15.2. The van der Waals surface area contributed by atoms with E-state index in [0.717, 1.165) is 12.1 Å². The highest BCUT2D eigenvalue weighted by atomic mass is 32.1. The molecule has 0 unspecified atom stereocenters. The summed E-state index contributed by atoms with van der Waals surface area (Å²) in [6, 6.07) is 6.11. The topological polar surface area (TPSA) is 82.0 Å². The molecule has 0 bridgehead atoms. The fraction of sp³-hybridized carbons (Fsp3) is 0.0714. The molecule has 5 nitrogen and oxygen atoms in total. The van der Waals surface area contributed by atoms with Crippen LogP contribution < -0.4 is 5.73 Å². The van der Waals surface area contributed by atoms with Gasteiger partial charge in [-0.15, -0.1) is 11.3 Å². The summed E-state index contributed by atoms with van der Waals surface area (Å²) in [6.07, 6.45) is -4.45. The maximum atomic E-state index is 12.7. The van der Waals surface area contributed by atoms with Crippen LogP contribution in [0, 0.1) is 0 Å². The molecule has 0 saturated carbocycles. The standard InChI is InChI=1S/C14H8F3N3O2S/c15-14(16,17)9-3-1-2-7(4-9)12-19-13(22-20-12)10-5-8(6-23-10)11(18)21/h1-6H,(H2,18,21). The maximum absolute atomic E-state index is 12.7. The first-order valence-corrected chi connectivity index (χ1v) is 7.12. The molecule has 2 N–H and O–H groups in total. The number of rotatable bonds is 3. The average Bonchev–Trinajstić information content (AvgIpc) is 3.15. The predicted molar refractivity (Wildman–Crippen MR) is 76.6 cm³/mol. The van der Waals surface area contributed by atoms with E-state index in [-0.39, 0.29) is 17.3 Å². The van der Waals surface area contributed by atoms with Crippen LogP contribution in [0.4, 0.5) is 13.2 Å². The van der Waals surface area contributed by atoms with E-state index in [1.54, 1.807) is 0 Å². The fourth-order valence-electron chi connectivity index (χ4n) is 1.85. The normalized spacial score (nSPS) is 11.6. The van der Waals surface area contributed by atoms with Gasteiger partial charge in [-0.3, -0.25) is 4.79 Å². The first-order chi connectivity index (χ1) is 10.8. The lowest BCUT2D eigenvalue weighted by Crippen LogP contribution is -2.08. The molecular formula is C14H8F3N3O2S. The smallest absolute Gasteiger partial charge is 0.366 e. The van der Waals surface area contributed by atoms with Crippen LogP contribution in [0.1, 0.15) is 15.9 Å². The fourth-order valence-corrected chi connectivity index (χ4v) is 2.67. The van der Waals surface area contributed by atoms with Gasteiger partial charge >= 0.3 is 6.18 Å². The van der Waals surface area contributed by atoms with E-state index in [9.17, 15) is 18.0 Å². The van der Waals surface area contributed by atoms with Crippen molar-refractivity contribution in [1.29, 1.82) is 0 Å². The molecule has 1 aromatic carbocycles. The largest absolute Gasteiger partial charge is 0.416 e. The summed E-state index contributed by atoms with van der Waals surface area (Å²) in [6.45, 7) is 0. The lowest BCUT2D eigenvalue weighted by Gasteiger charge is -2.06. The van der Waals surface area contributed by atoms with Crippen LogP contribution in [-0.4, -0.2) is 16.0 Å². The Morgan fingerprint density at radius 2 is 2.04 bits per heavy atom. The summed E-state index contributed by atoms with van der Waals surface area (Å²) in [5.74, 6) is -0.458. The number of nitrogens with zero attached hydrogens (tertiary/aromatic N) is 2. The lowest BCUT2D eigenvalue weighted by molar-refractivity contribution is -0.137. The minimum Gasteiger partial charge on any atom is -0.366 e. The van der Waals surface area contributed by atoms with Crippen molar-refractivity contribution in [2.24, 2.45) is 5.73 Å². The molecule has 0 spiro atoms. The van der Waals surface area contributed by atoms with Crippen molar-refractivity contribution in [3.05, 3.63) is 46.8 Å². The van der Waals surface area contributed by atoms with Crippen LogP contribution in [0.2, 0.25) is 0 Å². The molecule has 3 aromatic rings. The van der Waals surface area contributed by atoms with Crippen LogP contribution in [0.5, 0.6) is 0 Å². The van der Waals surface area contributed by atoms with Crippen LogP contribution in [0.3, 0.4) is 0 Å². The van der Waals surface area contributed by atoms with Crippen molar-refractivity contribution in [3.8, 4) is 22.2 Å². The Labute approximate surface area is 131 Å². The van der Waals surface area contributed by atoms with Gasteiger partial charge in [0.2, 0.25) is 11.7 Å². The zero-order valence-electron chi connectivity index (χ0n) is 11.3. The number of alkyl halides is 3. The second-order valence-electron chi connectivity index (χ2n) is 4.57. The van der Waals surface area contributed by atoms with Crippen molar-refractivity contribution in [1.82, 2.24) is 10.1 Å². The quantitative estimate of drug-likeness (QED) is 0.791. The van der Waals surface area contributed by atoms with Gasteiger partial charge in [0.05, 0.1) is 16.0 Å². The van der Waals surface area contributed by atoms with Gasteiger partial charge in [-0.25, -0.2) is 0 Å². The van der Waals surface area contributed by atoms with E-state index >= 15 is 0 Å². The van der Waals surface area contributed by atoms with Crippen molar-refractivity contribution < 1.29 is 22.5 Å². The molecule has 1 amide bonds. The van der Waals surface area contributed by atoms with Crippen LogP contribution in [0.15, 0.2) is 40.2 Å². The molecule has 0 aliphatic carbocycles. The summed E-state index contributed by atoms with van der Waals surface area (Å²) < 4.78 is 43.2. The second kappa shape index (κ2) is 5.51. The molecule has 118 valence electrons. The summed E-state index contributed by atoms with van der Waals surface area (Å²) in [4.78, 5) is 15.6. The third-order valence-corrected chi connectivity index (χ3v) is 3.89. The lowest BCUT2D eigenvalue weighted by atomic mass is 10.1. The SMILES string of the molecule is NC(=O)c1csc(-c2nc(-c3cccc(C(F)(F)F)c3)no2)c1. The number of hydrogen-bond acceptors (Lipinski definition) is 5. The minimum atomic E-state index is -4.45. The van der Waals surface area contributed by atoms with E-state index in [4.69, 9.17) is 10.3 Å². The summed E-state index contributed by atoms with van der Waals surface area (Å²) in [5, 5.41) is 5.21. The molecular weight excluding hydrogens is 331 g/mol. The van der Waals surface area contributed by atoms with E-state index in [1.165, 1.54) is 34.9 Å². The van der Waals surface area contributed by atoms with E-state index in [0.29, 0.717) is 10.4 Å². The van der Waals surface area contributed by atoms with Crippen molar-refractivity contribution >= 4 is 17.2 Å². The van der Waals surface area contributed by atoms with Gasteiger partial charge < -0.3 is 10.3 Å². The molecule has 3 rings (SSSR count). The second-order valence-corrected chi connectivity index (χ2v) is 5.48. The van der Waals surface area contributed by atoms with Crippen molar-refractivity contribution in [2.45, 2.75) is 6.18 Å². The number of benzene rings is 1. The highest BCUT2D eigenvalue weighted by molar-refractivity contribution is 7.13. The van der Waals surface area contributed by atoms with Crippen LogP contribution in [0.25, 0.3) is 22.2 Å². The number of carbonyl (C=O) groups excluding carboxylic acids is 1. The molecule has 2 aromatic heterocycles. The van der Waals surface area contributed by atoms with Gasteiger partial charge in [0.15, 0.2) is 0 Å². The zero-order valence-corrected chi connectivity index (χ0v) is 12.1. The maximum Gasteiger partial charge on any atom is 0.416 e. The van der Waals surface area contributed by atoms with Crippen LogP contribution in [-0.2, 0) is 6.18 Å². The summed E-state index contributed by atoms with van der Waals surface area (Å²) in [5.41, 5.74) is 4.83. The van der Waals surface area contributed by atoms with Crippen LogP contribution >= 0.6 is 11.3 Å². The van der Waals surface area contributed by atoms with Crippen molar-refractivity contribution in [2.75, 3.05) is 0 Å². The summed E-state index contributed by atoms with van der Waals surface area (Å²) >= 11 is 1.17. The average molecular weight is 339 g/mol. The Kier molecular flexibility index (Phi) is 3.64. The van der Waals surface area contributed by atoms with Gasteiger partial charge in [-0.05, 0) is 18.2 Å². The number of amides is 1. The number of hydrogen-bond donors (Lipinski definition) is 1. The first-order valence-electron chi connectivity index (χ1n) is 6.24. The van der Waals surface area contributed by atoms with Gasteiger partial charge in [-0.1, -0.05) is 17.3 Å². The molecule has 0 saturated heterocycles. The summed E-state index contributed by atoms with van der Waals surface area (Å²) in [7, 11) is 0. The number of aromatic nitrogens is 2. The molecule has 9 heteroatoms. The monoisotopic (exact) mass is 339 g/mol. The molecule has 0 radical (unpaired) electrons. The molecule has 2 heterocycles. The Balaban J connectivity index is 1.94. The Morgan fingerprint density at radius 3 is 2.70 bits per heavy atom. The molecule has 0 atom stereocenters. The molecule has 23 heavy (non-hydrogen) atoms. The number of carbonyl (C=O) groups is 1. The van der Waals surface area contributed by atoms with E-state index < -0.39 is 17.6 Å². The predicted octanol–water partition coefficient (Wildman–Crippen LogP) is 3.58. The van der Waals surface area contributed by atoms with Gasteiger partial charge in [0.25, 0.3) is 5.89 Å². The number of nitrogens with two attached hydrogens (primary N) is 1. The highest BCUT2D eigenvalue weighted by Crippen LogP contribution is 2.32. The van der Waals surface area contributed by atoms with Crippen molar-refractivity contribution in [3.63, 3.8) is 0 Å². The van der Waals surface area contributed by atoms with Gasteiger partial charge in [0.1, 0.15) is 0 Å². The van der Waals surface area contributed by atoms with E-state index in [1.807, 2.05) is 0 Å². The molecule has 0 aliphatic heterocycles. The Morgan fingerprint density at radius 1 is 1.26 bits per heavy atom. The number of thiophene rings is 1. The molecule has 0 aliphatic rings. The molecule has 0 fully saturated rings. The third-order valence-electron chi connectivity index (χ3n) is 2.97. The zero-order chi connectivity index (χ0) is 16.6.